The molecule has 0 amide bonds. The van der Waals surface area contributed by atoms with Crippen LogP contribution in [-0.2, 0) is 0 Å². The van der Waals surface area contributed by atoms with Gasteiger partial charge in [0.1, 0.15) is 0 Å². The standard InChI is InChI=1S/C20H35N/c1-7-9-10-11-12-13-19(21-8-2)20-17(5)15(3)14-16(4)18(20)6/h14,19,21H,7-13H2,1-6H3. The molecule has 1 rings (SSSR count). The first-order valence-corrected chi connectivity index (χ1v) is 8.83. The van der Waals surface area contributed by atoms with Crippen molar-refractivity contribution in [3.05, 3.63) is 33.9 Å². The average Bonchev–Trinajstić information content (AvgIpc) is 2.45. The molecule has 1 heteroatoms. The molecule has 0 aliphatic rings. The first-order valence-electron chi connectivity index (χ1n) is 8.83. The normalized spacial score (nSPS) is 12.7. The Bertz CT molecular complexity index is 408. The Morgan fingerprint density at radius 1 is 0.857 bits per heavy atom. The molecule has 0 aliphatic heterocycles. The Hall–Kier alpha value is -0.820. The predicted molar refractivity (Wildman–Crippen MR) is 95.2 cm³/mol. The Morgan fingerprint density at radius 2 is 1.43 bits per heavy atom. The SMILES string of the molecule is CCCCCCCC(NCC)c1c(C)c(C)cc(C)c1C. The molecule has 0 heterocycles. The summed E-state index contributed by atoms with van der Waals surface area (Å²) in [5.41, 5.74) is 7.39. The van der Waals surface area contributed by atoms with Crippen LogP contribution in [0, 0.1) is 27.7 Å². The minimum atomic E-state index is 0.523. The molecule has 0 spiro atoms. The van der Waals surface area contributed by atoms with E-state index < -0.39 is 0 Å². The fourth-order valence-electron chi connectivity index (χ4n) is 3.32. The smallest absolute Gasteiger partial charge is 0.0325 e. The number of hydrogen-bond donors (Lipinski definition) is 1. The van der Waals surface area contributed by atoms with E-state index in [9.17, 15) is 0 Å². The van der Waals surface area contributed by atoms with Crippen LogP contribution >= 0.6 is 0 Å². The van der Waals surface area contributed by atoms with E-state index >= 15 is 0 Å². The number of benzene rings is 1. The lowest BCUT2D eigenvalue weighted by atomic mass is 9.87. The summed E-state index contributed by atoms with van der Waals surface area (Å²) >= 11 is 0. The van der Waals surface area contributed by atoms with Crippen LogP contribution in [-0.4, -0.2) is 6.54 Å². The molecular weight excluding hydrogens is 254 g/mol. The van der Waals surface area contributed by atoms with E-state index in [-0.39, 0.29) is 0 Å². The van der Waals surface area contributed by atoms with Gasteiger partial charge in [-0.1, -0.05) is 52.0 Å². The third-order valence-corrected chi connectivity index (χ3v) is 4.82. The van der Waals surface area contributed by atoms with Gasteiger partial charge in [-0.15, -0.1) is 0 Å². The molecule has 0 saturated heterocycles. The highest BCUT2D eigenvalue weighted by molar-refractivity contribution is 5.45. The second kappa shape index (κ2) is 9.25. The first-order chi connectivity index (χ1) is 10.0. The number of aryl methyl sites for hydroxylation is 2. The van der Waals surface area contributed by atoms with Gasteiger partial charge in [0.15, 0.2) is 0 Å². The maximum absolute atomic E-state index is 3.73. The van der Waals surface area contributed by atoms with Gasteiger partial charge in [-0.25, -0.2) is 0 Å². The van der Waals surface area contributed by atoms with Crippen LogP contribution in [0.25, 0.3) is 0 Å². The Labute approximate surface area is 132 Å². The van der Waals surface area contributed by atoms with Crippen LogP contribution in [0.3, 0.4) is 0 Å². The fourth-order valence-corrected chi connectivity index (χ4v) is 3.32. The molecule has 0 aliphatic carbocycles. The van der Waals surface area contributed by atoms with Crippen LogP contribution in [0.1, 0.15) is 86.2 Å². The maximum Gasteiger partial charge on any atom is 0.0325 e. The van der Waals surface area contributed by atoms with E-state index in [1.807, 2.05) is 0 Å². The molecule has 1 atom stereocenters. The number of hydrogen-bond acceptors (Lipinski definition) is 1. The van der Waals surface area contributed by atoms with Crippen molar-refractivity contribution in [2.75, 3.05) is 6.54 Å². The summed E-state index contributed by atoms with van der Waals surface area (Å²) in [7, 11) is 0. The van der Waals surface area contributed by atoms with Crippen LogP contribution in [0.2, 0.25) is 0 Å². The lowest BCUT2D eigenvalue weighted by Gasteiger charge is -2.25. The van der Waals surface area contributed by atoms with Gasteiger partial charge >= 0.3 is 0 Å². The maximum atomic E-state index is 3.73. The Balaban J connectivity index is 2.85. The van der Waals surface area contributed by atoms with E-state index in [4.69, 9.17) is 0 Å². The molecule has 0 radical (unpaired) electrons. The minimum absolute atomic E-state index is 0.523. The van der Waals surface area contributed by atoms with Gasteiger partial charge in [0.2, 0.25) is 0 Å². The van der Waals surface area contributed by atoms with Crippen molar-refractivity contribution >= 4 is 0 Å². The van der Waals surface area contributed by atoms with Crippen molar-refractivity contribution in [1.82, 2.24) is 5.32 Å². The largest absolute Gasteiger partial charge is 0.310 e. The van der Waals surface area contributed by atoms with Gasteiger partial charge in [0.05, 0.1) is 0 Å². The molecule has 1 aromatic rings. The van der Waals surface area contributed by atoms with E-state index in [0.29, 0.717) is 6.04 Å². The Morgan fingerprint density at radius 3 is 1.95 bits per heavy atom. The minimum Gasteiger partial charge on any atom is -0.310 e. The number of rotatable bonds is 9. The number of nitrogens with one attached hydrogen (secondary N) is 1. The van der Waals surface area contributed by atoms with Crippen molar-refractivity contribution in [2.45, 2.75) is 86.1 Å². The summed E-state index contributed by atoms with van der Waals surface area (Å²) in [5, 5.41) is 3.73. The van der Waals surface area contributed by atoms with Crippen molar-refractivity contribution in [2.24, 2.45) is 0 Å². The molecule has 1 aromatic carbocycles. The molecule has 1 unspecified atom stereocenters. The third kappa shape index (κ3) is 5.14. The van der Waals surface area contributed by atoms with Crippen molar-refractivity contribution in [1.29, 1.82) is 0 Å². The second-order valence-corrected chi connectivity index (χ2v) is 6.49. The molecule has 1 N–H and O–H groups in total. The van der Waals surface area contributed by atoms with Crippen LogP contribution < -0.4 is 5.32 Å². The lowest BCUT2D eigenvalue weighted by molar-refractivity contribution is 0.475. The number of unbranched alkanes of at least 4 members (excludes halogenated alkanes) is 4. The summed E-state index contributed by atoms with van der Waals surface area (Å²) < 4.78 is 0. The van der Waals surface area contributed by atoms with Gasteiger partial charge < -0.3 is 5.32 Å². The van der Waals surface area contributed by atoms with Gasteiger partial charge in [0.25, 0.3) is 0 Å². The zero-order chi connectivity index (χ0) is 15.8. The molecular formula is C20H35N. The highest BCUT2D eigenvalue weighted by Gasteiger charge is 2.17. The molecule has 21 heavy (non-hydrogen) atoms. The quantitative estimate of drug-likeness (QED) is 0.555. The zero-order valence-electron chi connectivity index (χ0n) is 15.1. The monoisotopic (exact) mass is 289 g/mol. The summed E-state index contributed by atoms with van der Waals surface area (Å²) in [6, 6.07) is 2.86. The molecule has 0 aromatic heterocycles. The second-order valence-electron chi connectivity index (χ2n) is 6.49. The van der Waals surface area contributed by atoms with E-state index in [1.165, 1.54) is 60.8 Å². The highest BCUT2D eigenvalue weighted by Crippen LogP contribution is 2.30. The molecule has 0 fully saturated rings. The lowest BCUT2D eigenvalue weighted by Crippen LogP contribution is -2.23. The third-order valence-electron chi connectivity index (χ3n) is 4.82. The Kier molecular flexibility index (Phi) is 8.03. The van der Waals surface area contributed by atoms with Crippen molar-refractivity contribution in [3.8, 4) is 0 Å². The van der Waals surface area contributed by atoms with E-state index in [0.717, 1.165) is 6.54 Å². The van der Waals surface area contributed by atoms with E-state index in [2.05, 4.69) is 52.9 Å². The predicted octanol–water partition coefficient (Wildman–Crippen LogP) is 5.93. The van der Waals surface area contributed by atoms with Crippen LogP contribution in [0.4, 0.5) is 0 Å². The van der Waals surface area contributed by atoms with Crippen molar-refractivity contribution in [3.63, 3.8) is 0 Å². The van der Waals surface area contributed by atoms with E-state index in [1.54, 1.807) is 5.56 Å². The van der Waals surface area contributed by atoms with Gasteiger partial charge in [0, 0.05) is 6.04 Å². The zero-order valence-corrected chi connectivity index (χ0v) is 15.1. The molecule has 120 valence electrons. The van der Waals surface area contributed by atoms with Gasteiger partial charge in [-0.3, -0.25) is 0 Å². The van der Waals surface area contributed by atoms with Gasteiger partial charge in [-0.05, 0) is 68.5 Å². The highest BCUT2D eigenvalue weighted by atomic mass is 14.9. The topological polar surface area (TPSA) is 12.0 Å². The summed E-state index contributed by atoms with van der Waals surface area (Å²) in [6.45, 7) is 14.6. The molecule has 0 saturated carbocycles. The average molecular weight is 290 g/mol. The summed E-state index contributed by atoms with van der Waals surface area (Å²) in [5.74, 6) is 0. The van der Waals surface area contributed by atoms with Gasteiger partial charge in [-0.2, -0.15) is 0 Å². The fraction of sp³-hybridized carbons (Fsp3) is 0.700. The van der Waals surface area contributed by atoms with Crippen LogP contribution in [0.15, 0.2) is 6.07 Å². The van der Waals surface area contributed by atoms with Crippen LogP contribution in [0.5, 0.6) is 0 Å². The molecule has 1 nitrogen and oxygen atoms in total. The molecule has 0 bridgehead atoms. The first kappa shape index (κ1) is 18.2. The summed E-state index contributed by atoms with van der Waals surface area (Å²) in [6.07, 6.45) is 8.07. The van der Waals surface area contributed by atoms with Crippen molar-refractivity contribution < 1.29 is 0 Å². The summed E-state index contributed by atoms with van der Waals surface area (Å²) in [4.78, 5) is 0.